The SMILES string of the molecule is COc1ccc(C)cc1-n1ccc(C(=O)NC(C)(C(=O)O)C2CC2)n1. The van der Waals surface area contributed by atoms with Crippen LogP contribution in [0.2, 0.25) is 0 Å². The second kappa shape index (κ2) is 6.23. The minimum absolute atomic E-state index is 0.0343. The van der Waals surface area contributed by atoms with Gasteiger partial charge in [-0.2, -0.15) is 5.10 Å². The first-order chi connectivity index (χ1) is 11.8. The fourth-order valence-electron chi connectivity index (χ4n) is 2.85. The number of carbonyl (C=O) groups excluding carboxylic acids is 1. The number of carbonyl (C=O) groups is 2. The zero-order valence-corrected chi connectivity index (χ0v) is 14.4. The molecule has 0 bridgehead atoms. The van der Waals surface area contributed by atoms with Gasteiger partial charge in [0.05, 0.1) is 7.11 Å². The van der Waals surface area contributed by atoms with Crippen LogP contribution in [-0.4, -0.2) is 39.4 Å². The van der Waals surface area contributed by atoms with Crippen LogP contribution < -0.4 is 10.1 Å². The number of hydrogen-bond acceptors (Lipinski definition) is 4. The Kier molecular flexibility index (Phi) is 4.24. The van der Waals surface area contributed by atoms with E-state index in [0.29, 0.717) is 11.4 Å². The van der Waals surface area contributed by atoms with E-state index in [1.165, 1.54) is 0 Å². The Balaban J connectivity index is 1.85. The van der Waals surface area contributed by atoms with Crippen molar-refractivity contribution in [3.63, 3.8) is 0 Å². The number of carboxylic acids is 1. The summed E-state index contributed by atoms with van der Waals surface area (Å²) in [6.45, 7) is 3.50. The van der Waals surface area contributed by atoms with Crippen molar-refractivity contribution in [2.45, 2.75) is 32.2 Å². The summed E-state index contributed by atoms with van der Waals surface area (Å²) < 4.78 is 6.89. The van der Waals surface area contributed by atoms with Crippen molar-refractivity contribution in [3.8, 4) is 11.4 Å². The summed E-state index contributed by atoms with van der Waals surface area (Å²) in [5, 5.41) is 16.4. The van der Waals surface area contributed by atoms with Crippen LogP contribution >= 0.6 is 0 Å². The van der Waals surface area contributed by atoms with Crippen molar-refractivity contribution in [3.05, 3.63) is 41.7 Å². The number of hydrogen-bond donors (Lipinski definition) is 2. The number of aryl methyl sites for hydroxylation is 1. The van der Waals surface area contributed by atoms with E-state index in [4.69, 9.17) is 4.74 Å². The number of carboxylic acid groups (broad SMARTS) is 1. The molecule has 0 spiro atoms. The number of benzene rings is 1. The molecule has 2 N–H and O–H groups in total. The highest BCUT2D eigenvalue weighted by Gasteiger charge is 2.48. The Hall–Kier alpha value is -2.83. The first kappa shape index (κ1) is 17.0. The van der Waals surface area contributed by atoms with Gasteiger partial charge in [-0.25, -0.2) is 9.48 Å². The molecule has 7 heteroatoms. The topological polar surface area (TPSA) is 93.5 Å². The quantitative estimate of drug-likeness (QED) is 0.838. The van der Waals surface area contributed by atoms with E-state index in [-0.39, 0.29) is 11.6 Å². The molecule has 1 aromatic heterocycles. The normalized spacial score (nSPS) is 16.1. The molecule has 1 fully saturated rings. The zero-order valence-electron chi connectivity index (χ0n) is 14.4. The zero-order chi connectivity index (χ0) is 18.2. The number of ether oxygens (including phenoxy) is 1. The lowest BCUT2D eigenvalue weighted by atomic mass is 9.96. The smallest absolute Gasteiger partial charge is 0.329 e. The summed E-state index contributed by atoms with van der Waals surface area (Å²) >= 11 is 0. The van der Waals surface area contributed by atoms with Gasteiger partial charge in [-0.1, -0.05) is 6.07 Å². The van der Waals surface area contributed by atoms with Crippen molar-refractivity contribution < 1.29 is 19.4 Å². The van der Waals surface area contributed by atoms with Crippen LogP contribution in [0.15, 0.2) is 30.5 Å². The molecule has 7 nitrogen and oxygen atoms in total. The second-order valence-corrected chi connectivity index (χ2v) is 6.56. The highest BCUT2D eigenvalue weighted by atomic mass is 16.5. The molecule has 1 amide bonds. The molecule has 2 aromatic rings. The largest absolute Gasteiger partial charge is 0.494 e. The second-order valence-electron chi connectivity index (χ2n) is 6.56. The molecule has 0 aliphatic heterocycles. The summed E-state index contributed by atoms with van der Waals surface area (Å²) in [7, 11) is 1.57. The Morgan fingerprint density at radius 1 is 1.36 bits per heavy atom. The van der Waals surface area contributed by atoms with Gasteiger partial charge in [-0.3, -0.25) is 4.79 Å². The lowest BCUT2D eigenvalue weighted by Crippen LogP contribution is -2.54. The Labute approximate surface area is 145 Å². The van der Waals surface area contributed by atoms with Gasteiger partial charge < -0.3 is 15.2 Å². The predicted molar refractivity (Wildman–Crippen MR) is 91.1 cm³/mol. The first-order valence-electron chi connectivity index (χ1n) is 8.11. The van der Waals surface area contributed by atoms with Gasteiger partial charge in [0.25, 0.3) is 5.91 Å². The molecule has 1 unspecified atom stereocenters. The maximum absolute atomic E-state index is 12.5. The van der Waals surface area contributed by atoms with E-state index in [1.54, 1.807) is 31.0 Å². The molecular weight excluding hydrogens is 322 g/mol. The molecule has 1 aliphatic carbocycles. The van der Waals surface area contributed by atoms with E-state index in [2.05, 4.69) is 10.4 Å². The van der Waals surface area contributed by atoms with Gasteiger partial charge in [0.1, 0.15) is 17.0 Å². The molecule has 0 saturated heterocycles. The maximum atomic E-state index is 12.5. The van der Waals surface area contributed by atoms with E-state index in [1.807, 2.05) is 25.1 Å². The highest BCUT2D eigenvalue weighted by molar-refractivity contribution is 5.96. The summed E-state index contributed by atoms with van der Waals surface area (Å²) in [6.07, 6.45) is 3.26. The molecule has 1 atom stereocenters. The average molecular weight is 343 g/mol. The van der Waals surface area contributed by atoms with Crippen molar-refractivity contribution in [1.29, 1.82) is 0 Å². The van der Waals surface area contributed by atoms with Gasteiger partial charge in [-0.15, -0.1) is 0 Å². The number of amides is 1. The molecule has 1 aromatic carbocycles. The summed E-state index contributed by atoms with van der Waals surface area (Å²) in [5.41, 5.74) is 0.646. The van der Waals surface area contributed by atoms with Crippen LogP contribution in [-0.2, 0) is 4.79 Å². The van der Waals surface area contributed by atoms with Crippen LogP contribution in [0.25, 0.3) is 5.69 Å². The number of rotatable bonds is 6. The van der Waals surface area contributed by atoms with Crippen molar-refractivity contribution in [1.82, 2.24) is 15.1 Å². The fraction of sp³-hybridized carbons (Fsp3) is 0.389. The molecule has 132 valence electrons. The van der Waals surface area contributed by atoms with E-state index in [9.17, 15) is 14.7 Å². The molecule has 3 rings (SSSR count). The van der Waals surface area contributed by atoms with Crippen LogP contribution in [0.4, 0.5) is 0 Å². The highest BCUT2D eigenvalue weighted by Crippen LogP contribution is 2.39. The summed E-state index contributed by atoms with van der Waals surface area (Å²) in [6, 6.07) is 7.22. The minimum Gasteiger partial charge on any atom is -0.494 e. The van der Waals surface area contributed by atoms with E-state index in [0.717, 1.165) is 18.4 Å². The van der Waals surface area contributed by atoms with Gasteiger partial charge in [0.15, 0.2) is 5.69 Å². The van der Waals surface area contributed by atoms with Gasteiger partial charge in [0, 0.05) is 6.20 Å². The van der Waals surface area contributed by atoms with Crippen LogP contribution in [0.3, 0.4) is 0 Å². The Bertz CT molecular complexity index is 825. The number of nitrogens with one attached hydrogen (secondary N) is 1. The third kappa shape index (κ3) is 3.22. The van der Waals surface area contributed by atoms with Gasteiger partial charge >= 0.3 is 5.97 Å². The number of methoxy groups -OCH3 is 1. The molecule has 1 aliphatic rings. The monoisotopic (exact) mass is 343 g/mol. The number of aliphatic carboxylic acids is 1. The summed E-state index contributed by atoms with van der Waals surface area (Å²) in [4.78, 5) is 24.0. The van der Waals surface area contributed by atoms with E-state index >= 15 is 0 Å². The standard InChI is InChI=1S/C18H21N3O4/c1-11-4-7-15(25-3)14(10-11)21-9-8-13(20-21)16(22)19-18(2,17(23)24)12-5-6-12/h4,7-10,12H,5-6H2,1-3H3,(H,19,22)(H,23,24). The van der Waals surface area contributed by atoms with Crippen molar-refractivity contribution in [2.75, 3.05) is 7.11 Å². The van der Waals surface area contributed by atoms with Gasteiger partial charge in [-0.05, 0) is 56.4 Å². The average Bonchev–Trinajstić information content (AvgIpc) is 3.32. The number of nitrogens with zero attached hydrogens (tertiary/aromatic N) is 2. The molecule has 1 saturated carbocycles. The predicted octanol–water partition coefficient (Wildman–Crippen LogP) is 2.17. The van der Waals surface area contributed by atoms with Crippen LogP contribution in [0.1, 0.15) is 35.8 Å². The number of aromatic nitrogens is 2. The van der Waals surface area contributed by atoms with Crippen LogP contribution in [0, 0.1) is 12.8 Å². The van der Waals surface area contributed by atoms with Crippen molar-refractivity contribution in [2.24, 2.45) is 5.92 Å². The molecule has 0 radical (unpaired) electrons. The molecule has 25 heavy (non-hydrogen) atoms. The molecule has 1 heterocycles. The lowest BCUT2D eigenvalue weighted by molar-refractivity contribution is -0.144. The molecular formula is C18H21N3O4. The van der Waals surface area contributed by atoms with Crippen LogP contribution in [0.5, 0.6) is 5.75 Å². The first-order valence-corrected chi connectivity index (χ1v) is 8.11. The minimum atomic E-state index is -1.26. The Morgan fingerprint density at radius 2 is 2.08 bits per heavy atom. The van der Waals surface area contributed by atoms with Gasteiger partial charge in [0.2, 0.25) is 0 Å². The fourth-order valence-corrected chi connectivity index (χ4v) is 2.85. The lowest BCUT2D eigenvalue weighted by Gasteiger charge is -2.25. The maximum Gasteiger partial charge on any atom is 0.329 e. The summed E-state index contributed by atoms with van der Waals surface area (Å²) in [5.74, 6) is -0.924. The third-order valence-electron chi connectivity index (χ3n) is 4.61. The van der Waals surface area contributed by atoms with E-state index < -0.39 is 17.4 Å². The Morgan fingerprint density at radius 3 is 2.68 bits per heavy atom. The third-order valence-corrected chi connectivity index (χ3v) is 4.61. The van der Waals surface area contributed by atoms with Crippen molar-refractivity contribution >= 4 is 11.9 Å².